The zero-order chi connectivity index (χ0) is 11.5. The Kier molecular flexibility index (Phi) is 3.71. The molecule has 82 valence electrons. The standard InChI is InChI=1S/C9H10ClNO3S/c1-11-9(12)6-15(13,14)8-5-3-2-4-7(8)10/h2-5H,6H2,1H3,(H,11,12). The van der Waals surface area contributed by atoms with Gasteiger partial charge in [-0.3, -0.25) is 4.79 Å². The first-order valence-corrected chi connectivity index (χ1v) is 6.18. The molecule has 1 amide bonds. The van der Waals surface area contributed by atoms with Gasteiger partial charge < -0.3 is 5.32 Å². The maximum atomic E-state index is 11.7. The van der Waals surface area contributed by atoms with Gasteiger partial charge in [-0.25, -0.2) is 8.42 Å². The van der Waals surface area contributed by atoms with Crippen molar-refractivity contribution in [2.45, 2.75) is 4.90 Å². The van der Waals surface area contributed by atoms with E-state index in [1.807, 2.05) is 0 Å². The van der Waals surface area contributed by atoms with Gasteiger partial charge in [0.05, 0.1) is 9.92 Å². The molecule has 4 nitrogen and oxygen atoms in total. The SMILES string of the molecule is CNC(=O)CS(=O)(=O)c1ccccc1Cl. The van der Waals surface area contributed by atoms with Crippen molar-refractivity contribution < 1.29 is 13.2 Å². The smallest absolute Gasteiger partial charge is 0.235 e. The molecule has 1 N–H and O–H groups in total. The third-order valence-corrected chi connectivity index (χ3v) is 3.88. The molecule has 0 atom stereocenters. The number of carbonyl (C=O) groups is 1. The summed E-state index contributed by atoms with van der Waals surface area (Å²) in [6, 6.07) is 6.03. The molecule has 1 aromatic carbocycles. The molecule has 0 aliphatic carbocycles. The molecule has 0 heterocycles. The molecule has 0 saturated heterocycles. The Bertz CT molecular complexity index is 470. The van der Waals surface area contributed by atoms with E-state index in [9.17, 15) is 13.2 Å². The highest BCUT2D eigenvalue weighted by Gasteiger charge is 2.20. The number of sulfone groups is 1. The minimum Gasteiger partial charge on any atom is -0.358 e. The van der Waals surface area contributed by atoms with E-state index in [1.54, 1.807) is 12.1 Å². The summed E-state index contributed by atoms with van der Waals surface area (Å²) in [4.78, 5) is 11.0. The minimum absolute atomic E-state index is 0.0183. The number of amides is 1. The van der Waals surface area contributed by atoms with E-state index in [1.165, 1.54) is 19.2 Å². The quantitative estimate of drug-likeness (QED) is 0.862. The molecular formula is C9H10ClNO3S. The first-order valence-electron chi connectivity index (χ1n) is 4.15. The largest absolute Gasteiger partial charge is 0.358 e. The molecule has 0 aromatic heterocycles. The van der Waals surface area contributed by atoms with Crippen LogP contribution in [-0.2, 0) is 14.6 Å². The predicted molar refractivity (Wildman–Crippen MR) is 57.6 cm³/mol. The Morgan fingerprint density at radius 3 is 2.53 bits per heavy atom. The summed E-state index contributed by atoms with van der Waals surface area (Å²) in [5, 5.41) is 2.38. The monoisotopic (exact) mass is 247 g/mol. The van der Waals surface area contributed by atoms with Crippen LogP contribution in [-0.4, -0.2) is 27.1 Å². The van der Waals surface area contributed by atoms with E-state index in [0.717, 1.165) is 0 Å². The number of rotatable bonds is 3. The zero-order valence-electron chi connectivity index (χ0n) is 8.03. The number of hydrogen-bond acceptors (Lipinski definition) is 3. The molecule has 0 fully saturated rings. The van der Waals surface area contributed by atoms with Gasteiger partial charge in [-0.05, 0) is 12.1 Å². The third-order valence-electron chi connectivity index (χ3n) is 1.77. The van der Waals surface area contributed by atoms with Crippen molar-refractivity contribution in [3.63, 3.8) is 0 Å². The van der Waals surface area contributed by atoms with Crippen molar-refractivity contribution in [2.75, 3.05) is 12.8 Å². The van der Waals surface area contributed by atoms with Crippen molar-refractivity contribution in [1.82, 2.24) is 5.32 Å². The van der Waals surface area contributed by atoms with Crippen LogP contribution in [0.4, 0.5) is 0 Å². The average molecular weight is 248 g/mol. The van der Waals surface area contributed by atoms with Gasteiger partial charge in [0.1, 0.15) is 5.75 Å². The van der Waals surface area contributed by atoms with Crippen molar-refractivity contribution in [3.05, 3.63) is 29.3 Å². The number of halogens is 1. The molecule has 0 bridgehead atoms. The molecule has 1 rings (SSSR count). The topological polar surface area (TPSA) is 63.2 Å². The number of carbonyl (C=O) groups excluding carboxylic acids is 1. The van der Waals surface area contributed by atoms with Crippen molar-refractivity contribution in [2.24, 2.45) is 0 Å². The first kappa shape index (κ1) is 12.0. The summed E-state index contributed by atoms with van der Waals surface area (Å²) in [5.41, 5.74) is 0. The van der Waals surface area contributed by atoms with Crippen molar-refractivity contribution >= 4 is 27.3 Å². The van der Waals surface area contributed by atoms with Crippen LogP contribution in [0.25, 0.3) is 0 Å². The fraction of sp³-hybridized carbons (Fsp3) is 0.222. The molecule has 0 saturated carbocycles. The molecule has 1 aromatic rings. The molecular weight excluding hydrogens is 238 g/mol. The van der Waals surface area contributed by atoms with Gasteiger partial charge >= 0.3 is 0 Å². The summed E-state index contributed by atoms with van der Waals surface area (Å²) >= 11 is 5.72. The van der Waals surface area contributed by atoms with Crippen LogP contribution in [0.3, 0.4) is 0 Å². The van der Waals surface area contributed by atoms with Crippen LogP contribution in [0.5, 0.6) is 0 Å². The van der Waals surface area contributed by atoms with Gasteiger partial charge in [0.2, 0.25) is 5.91 Å². The predicted octanol–water partition coefficient (Wildman–Crippen LogP) is 0.860. The van der Waals surface area contributed by atoms with Gasteiger partial charge in [-0.2, -0.15) is 0 Å². The summed E-state index contributed by atoms with van der Waals surface area (Å²) < 4.78 is 23.4. The molecule has 6 heteroatoms. The maximum absolute atomic E-state index is 11.7. The van der Waals surface area contributed by atoms with E-state index in [0.29, 0.717) is 0 Å². The van der Waals surface area contributed by atoms with E-state index in [4.69, 9.17) is 11.6 Å². The Morgan fingerprint density at radius 1 is 1.40 bits per heavy atom. The highest BCUT2D eigenvalue weighted by Crippen LogP contribution is 2.21. The van der Waals surface area contributed by atoms with Crippen LogP contribution >= 0.6 is 11.6 Å². The van der Waals surface area contributed by atoms with E-state index in [-0.39, 0.29) is 9.92 Å². The lowest BCUT2D eigenvalue weighted by atomic mass is 10.4. The molecule has 0 aliphatic rings. The number of benzene rings is 1. The van der Waals surface area contributed by atoms with Crippen molar-refractivity contribution in [3.8, 4) is 0 Å². The van der Waals surface area contributed by atoms with Crippen LogP contribution in [0, 0.1) is 0 Å². The lowest BCUT2D eigenvalue weighted by molar-refractivity contribution is -0.118. The fourth-order valence-electron chi connectivity index (χ4n) is 1.02. The molecule has 0 aliphatic heterocycles. The van der Waals surface area contributed by atoms with Gasteiger partial charge in [0.25, 0.3) is 0 Å². The third kappa shape index (κ3) is 2.94. The van der Waals surface area contributed by atoms with E-state index in [2.05, 4.69) is 5.32 Å². The highest BCUT2D eigenvalue weighted by atomic mass is 35.5. The minimum atomic E-state index is -3.65. The number of nitrogens with one attached hydrogen (secondary N) is 1. The summed E-state index contributed by atoms with van der Waals surface area (Å²) in [6.45, 7) is 0. The second-order valence-electron chi connectivity index (χ2n) is 2.86. The van der Waals surface area contributed by atoms with Gasteiger partial charge in [0.15, 0.2) is 9.84 Å². The Morgan fingerprint density at radius 2 is 2.00 bits per heavy atom. The number of hydrogen-bond donors (Lipinski definition) is 1. The summed E-state index contributed by atoms with van der Waals surface area (Å²) in [6.07, 6.45) is 0. The summed E-state index contributed by atoms with van der Waals surface area (Å²) in [7, 11) is -2.27. The summed E-state index contributed by atoms with van der Waals surface area (Å²) in [5.74, 6) is -1.15. The van der Waals surface area contributed by atoms with Crippen molar-refractivity contribution in [1.29, 1.82) is 0 Å². The van der Waals surface area contributed by atoms with Crippen LogP contribution in [0.1, 0.15) is 0 Å². The lowest BCUT2D eigenvalue weighted by Gasteiger charge is -2.04. The van der Waals surface area contributed by atoms with E-state index < -0.39 is 21.5 Å². The van der Waals surface area contributed by atoms with Crippen LogP contribution < -0.4 is 5.32 Å². The molecule has 0 unspecified atom stereocenters. The highest BCUT2D eigenvalue weighted by molar-refractivity contribution is 7.92. The molecule has 15 heavy (non-hydrogen) atoms. The average Bonchev–Trinajstić information content (AvgIpc) is 2.17. The second-order valence-corrected chi connectivity index (χ2v) is 5.23. The van der Waals surface area contributed by atoms with Gasteiger partial charge in [-0.1, -0.05) is 23.7 Å². The van der Waals surface area contributed by atoms with E-state index >= 15 is 0 Å². The first-order chi connectivity index (χ1) is 6.97. The Labute approximate surface area is 93.2 Å². The normalized spacial score (nSPS) is 11.1. The zero-order valence-corrected chi connectivity index (χ0v) is 9.60. The van der Waals surface area contributed by atoms with Crippen LogP contribution in [0.2, 0.25) is 5.02 Å². The Balaban J connectivity index is 3.07. The Hall–Kier alpha value is -1.07. The van der Waals surface area contributed by atoms with Gasteiger partial charge in [-0.15, -0.1) is 0 Å². The molecule has 0 spiro atoms. The van der Waals surface area contributed by atoms with Gasteiger partial charge in [0, 0.05) is 7.05 Å². The fourth-order valence-corrected chi connectivity index (χ4v) is 2.80. The molecule has 0 radical (unpaired) electrons. The van der Waals surface area contributed by atoms with Crippen LogP contribution in [0.15, 0.2) is 29.2 Å². The maximum Gasteiger partial charge on any atom is 0.235 e. The lowest BCUT2D eigenvalue weighted by Crippen LogP contribution is -2.27. The second kappa shape index (κ2) is 4.63.